The fourth-order valence-corrected chi connectivity index (χ4v) is 3.73. The van der Waals surface area contributed by atoms with Gasteiger partial charge in [0.25, 0.3) is 0 Å². The summed E-state index contributed by atoms with van der Waals surface area (Å²) in [6.45, 7) is 4.91. The van der Waals surface area contributed by atoms with Crippen LogP contribution >= 0.6 is 11.8 Å². The number of carbonyl (C=O) groups is 4. The molecule has 30 heavy (non-hydrogen) atoms. The van der Waals surface area contributed by atoms with E-state index in [2.05, 4.69) is 5.32 Å². The van der Waals surface area contributed by atoms with Crippen molar-refractivity contribution in [2.24, 2.45) is 0 Å². The summed E-state index contributed by atoms with van der Waals surface area (Å²) in [6, 6.07) is 15.0. The average molecular weight is 428 g/mol. The fourth-order valence-electron chi connectivity index (χ4n) is 2.79. The molecule has 2 rings (SSSR count). The van der Waals surface area contributed by atoms with Gasteiger partial charge in [0.15, 0.2) is 10.9 Å². The van der Waals surface area contributed by atoms with Crippen molar-refractivity contribution < 1.29 is 23.9 Å². The fraction of sp³-hybridized carbons (Fsp3) is 0.304. The predicted molar refractivity (Wildman–Crippen MR) is 116 cm³/mol. The number of benzene rings is 2. The van der Waals surface area contributed by atoms with Gasteiger partial charge in [0.05, 0.1) is 12.5 Å². The first-order valence-electron chi connectivity index (χ1n) is 9.63. The number of amides is 1. The van der Waals surface area contributed by atoms with E-state index in [4.69, 9.17) is 4.74 Å². The summed E-state index contributed by atoms with van der Waals surface area (Å²) in [6.07, 6.45) is 0. The number of ether oxygens (including phenoxy) is 1. The minimum Gasteiger partial charge on any atom is -0.464 e. The molecule has 1 unspecified atom stereocenters. The molecule has 0 bridgehead atoms. The molecule has 158 valence electrons. The monoisotopic (exact) mass is 427 g/mol. The highest BCUT2D eigenvalue weighted by Crippen LogP contribution is 2.24. The van der Waals surface area contributed by atoms with Crippen LogP contribution in [0.5, 0.6) is 0 Å². The number of hydrogen-bond donors (Lipinski definition) is 1. The van der Waals surface area contributed by atoms with Crippen LogP contribution in [0.25, 0.3) is 0 Å². The van der Waals surface area contributed by atoms with E-state index in [1.54, 1.807) is 62.4 Å². The Morgan fingerprint density at radius 3 is 2.30 bits per heavy atom. The Bertz CT molecular complexity index is 913. The van der Waals surface area contributed by atoms with E-state index in [-0.39, 0.29) is 29.2 Å². The summed E-state index contributed by atoms with van der Waals surface area (Å²) in [7, 11) is 0. The van der Waals surface area contributed by atoms with Crippen LogP contribution in [0.3, 0.4) is 0 Å². The highest BCUT2D eigenvalue weighted by molar-refractivity contribution is 8.13. The van der Waals surface area contributed by atoms with Crippen LogP contribution in [0.15, 0.2) is 54.6 Å². The first-order valence-corrected chi connectivity index (χ1v) is 10.6. The lowest BCUT2D eigenvalue weighted by molar-refractivity contribution is -0.146. The van der Waals surface area contributed by atoms with Crippen LogP contribution in [-0.2, 0) is 19.1 Å². The molecule has 0 radical (unpaired) electrons. The first kappa shape index (κ1) is 23.3. The highest BCUT2D eigenvalue weighted by atomic mass is 32.2. The van der Waals surface area contributed by atoms with Gasteiger partial charge in [-0.1, -0.05) is 67.2 Å². The molecule has 6 nitrogen and oxygen atoms in total. The summed E-state index contributed by atoms with van der Waals surface area (Å²) >= 11 is 0.955. The number of nitrogens with one attached hydrogen (secondary N) is 1. The highest BCUT2D eigenvalue weighted by Gasteiger charge is 2.24. The maximum atomic E-state index is 12.7. The van der Waals surface area contributed by atoms with Gasteiger partial charge in [-0.25, -0.2) is 4.79 Å². The van der Waals surface area contributed by atoms with Crippen molar-refractivity contribution >= 4 is 34.5 Å². The van der Waals surface area contributed by atoms with E-state index >= 15 is 0 Å². The Kier molecular flexibility index (Phi) is 8.80. The van der Waals surface area contributed by atoms with Gasteiger partial charge in [0.2, 0.25) is 5.91 Å². The van der Waals surface area contributed by atoms with Crippen molar-refractivity contribution in [3.05, 3.63) is 71.3 Å². The quantitative estimate of drug-likeness (QED) is 0.488. The molecule has 0 saturated carbocycles. The van der Waals surface area contributed by atoms with Crippen molar-refractivity contribution in [3.63, 3.8) is 0 Å². The lowest BCUT2D eigenvalue weighted by atomic mass is 9.96. The largest absolute Gasteiger partial charge is 0.464 e. The third-order valence-corrected chi connectivity index (χ3v) is 5.52. The number of ketones is 1. The number of carbonyl (C=O) groups excluding carboxylic acids is 4. The van der Waals surface area contributed by atoms with Crippen molar-refractivity contribution in [2.75, 3.05) is 12.4 Å². The summed E-state index contributed by atoms with van der Waals surface area (Å²) in [5.41, 5.74) is 1.79. The predicted octanol–water partition coefficient (Wildman–Crippen LogP) is 3.35. The van der Waals surface area contributed by atoms with Crippen molar-refractivity contribution in [1.82, 2.24) is 5.32 Å². The molecule has 0 heterocycles. The van der Waals surface area contributed by atoms with Gasteiger partial charge in [-0.2, -0.15) is 0 Å². The minimum absolute atomic E-state index is 0.0736. The van der Waals surface area contributed by atoms with Crippen molar-refractivity contribution in [2.45, 2.75) is 32.7 Å². The van der Waals surface area contributed by atoms with Gasteiger partial charge in [0.1, 0.15) is 6.04 Å². The normalized spacial score (nSPS) is 12.5. The molecule has 2 atom stereocenters. The molecule has 0 aromatic heterocycles. The zero-order valence-electron chi connectivity index (χ0n) is 17.2. The van der Waals surface area contributed by atoms with Gasteiger partial charge in [-0.15, -0.1) is 0 Å². The molecule has 1 N–H and O–H groups in total. The lowest BCUT2D eigenvalue weighted by Gasteiger charge is -2.17. The summed E-state index contributed by atoms with van der Waals surface area (Å²) in [5.74, 6) is -1.47. The second-order valence-electron chi connectivity index (χ2n) is 6.68. The van der Waals surface area contributed by atoms with Crippen LogP contribution in [0.2, 0.25) is 0 Å². The molecular weight excluding hydrogens is 402 g/mol. The molecule has 0 saturated heterocycles. The van der Waals surface area contributed by atoms with Crippen LogP contribution in [0, 0.1) is 0 Å². The standard InChI is InChI=1S/C23H25NO5S/c1-4-29-22(27)20(24-16(3)25)14-30-23(28)15(2)18-11-8-12-19(13-18)21(26)17-9-6-5-7-10-17/h5-13,15,20H,4,14H2,1-3H3,(H,24,25)/t15?,20-/m1/s1. The van der Waals surface area contributed by atoms with Gasteiger partial charge >= 0.3 is 5.97 Å². The van der Waals surface area contributed by atoms with Crippen LogP contribution in [-0.4, -0.2) is 41.2 Å². The van der Waals surface area contributed by atoms with Crippen LogP contribution in [0.1, 0.15) is 48.2 Å². The topological polar surface area (TPSA) is 89.5 Å². The van der Waals surface area contributed by atoms with Gasteiger partial charge in [0, 0.05) is 23.8 Å². The Labute approximate surface area is 180 Å². The molecule has 2 aromatic carbocycles. The Hall–Kier alpha value is -2.93. The Morgan fingerprint density at radius 2 is 1.67 bits per heavy atom. The van der Waals surface area contributed by atoms with E-state index < -0.39 is 17.9 Å². The second kappa shape index (κ2) is 11.3. The van der Waals surface area contributed by atoms with E-state index in [0.29, 0.717) is 16.7 Å². The number of rotatable bonds is 9. The number of esters is 1. The Morgan fingerprint density at radius 1 is 1.00 bits per heavy atom. The van der Waals surface area contributed by atoms with E-state index in [1.807, 2.05) is 6.07 Å². The molecule has 7 heteroatoms. The second-order valence-corrected chi connectivity index (χ2v) is 7.70. The van der Waals surface area contributed by atoms with Crippen LogP contribution < -0.4 is 5.32 Å². The molecule has 0 aliphatic carbocycles. The van der Waals surface area contributed by atoms with Crippen molar-refractivity contribution in [1.29, 1.82) is 0 Å². The maximum Gasteiger partial charge on any atom is 0.329 e. The number of hydrogen-bond acceptors (Lipinski definition) is 6. The smallest absolute Gasteiger partial charge is 0.329 e. The number of thioether (sulfide) groups is 1. The molecule has 0 spiro atoms. The van der Waals surface area contributed by atoms with Gasteiger partial charge < -0.3 is 10.1 Å². The minimum atomic E-state index is -0.894. The summed E-state index contributed by atoms with van der Waals surface area (Å²) < 4.78 is 4.95. The lowest BCUT2D eigenvalue weighted by Crippen LogP contribution is -2.43. The van der Waals surface area contributed by atoms with Crippen LogP contribution in [0.4, 0.5) is 0 Å². The van der Waals surface area contributed by atoms with Gasteiger partial charge in [-0.3, -0.25) is 14.4 Å². The third kappa shape index (κ3) is 6.56. The SMILES string of the molecule is CCOC(=O)[C@@H](CSC(=O)C(C)c1cccc(C(=O)c2ccccc2)c1)NC(C)=O. The van der Waals surface area contributed by atoms with E-state index in [9.17, 15) is 19.2 Å². The molecular formula is C23H25NO5S. The van der Waals surface area contributed by atoms with Crippen molar-refractivity contribution in [3.8, 4) is 0 Å². The third-order valence-electron chi connectivity index (χ3n) is 4.38. The molecule has 2 aromatic rings. The summed E-state index contributed by atoms with van der Waals surface area (Å²) in [5, 5.41) is 2.34. The zero-order chi connectivity index (χ0) is 22.1. The average Bonchev–Trinajstić information content (AvgIpc) is 2.75. The van der Waals surface area contributed by atoms with Gasteiger partial charge in [-0.05, 0) is 18.6 Å². The maximum absolute atomic E-state index is 12.7. The first-order chi connectivity index (χ1) is 14.3. The molecule has 1 amide bonds. The Balaban J connectivity index is 2.07. The molecule has 0 fully saturated rings. The molecule has 0 aliphatic rings. The summed E-state index contributed by atoms with van der Waals surface area (Å²) in [4.78, 5) is 48.7. The molecule has 0 aliphatic heterocycles. The van der Waals surface area contributed by atoms with E-state index in [1.165, 1.54) is 6.92 Å². The zero-order valence-corrected chi connectivity index (χ0v) is 18.0. The van der Waals surface area contributed by atoms with E-state index in [0.717, 1.165) is 11.8 Å².